The average Bonchev–Trinajstić information content (AvgIpc) is 3.14. The lowest BCUT2D eigenvalue weighted by atomic mass is 10.2. The van der Waals surface area contributed by atoms with Crippen LogP contribution in [-0.2, 0) is 9.71 Å². The van der Waals surface area contributed by atoms with Gasteiger partial charge in [-0.25, -0.2) is 9.19 Å². The van der Waals surface area contributed by atoms with E-state index < -0.39 is 15.6 Å². The molecule has 0 radical (unpaired) electrons. The number of imidazole rings is 1. The number of hydrogen-bond donors (Lipinski definition) is 2. The van der Waals surface area contributed by atoms with Crippen LogP contribution in [0, 0.1) is 11.8 Å². The number of rotatable bonds is 3. The van der Waals surface area contributed by atoms with E-state index in [-0.39, 0.29) is 5.56 Å². The van der Waals surface area contributed by atoms with E-state index in [9.17, 15) is 9.00 Å². The van der Waals surface area contributed by atoms with E-state index in [4.69, 9.17) is 0 Å². The molecule has 25 heavy (non-hydrogen) atoms. The Kier molecular flexibility index (Phi) is 4.64. The van der Waals surface area contributed by atoms with Crippen LogP contribution in [-0.4, -0.2) is 30.9 Å². The van der Waals surface area contributed by atoms with Crippen LogP contribution in [0.15, 0.2) is 66.2 Å². The van der Waals surface area contributed by atoms with Crippen molar-refractivity contribution in [2.75, 3.05) is 0 Å². The highest BCUT2D eigenvalue weighted by Crippen LogP contribution is 2.09. The Bertz CT molecular complexity index is 1050. The van der Waals surface area contributed by atoms with Crippen molar-refractivity contribution in [2.45, 2.75) is 4.90 Å². The van der Waals surface area contributed by atoms with Gasteiger partial charge < -0.3 is 4.98 Å². The SMILES string of the molecule is C=S(=O)(NC(=O)c1cncc(C#Cc2cnc[nH]2)c1)c1ccccc1. The molecule has 3 rings (SSSR count). The van der Waals surface area contributed by atoms with Gasteiger partial charge in [0, 0.05) is 22.9 Å². The molecular formula is C18H14N4O2S. The third-order valence-corrected chi connectivity index (χ3v) is 4.77. The van der Waals surface area contributed by atoms with Gasteiger partial charge in [0.1, 0.15) is 5.69 Å². The first-order valence-electron chi connectivity index (χ1n) is 7.24. The highest BCUT2D eigenvalue weighted by Gasteiger charge is 2.13. The summed E-state index contributed by atoms with van der Waals surface area (Å²) >= 11 is 0. The van der Waals surface area contributed by atoms with Crippen molar-refractivity contribution in [2.24, 2.45) is 0 Å². The van der Waals surface area contributed by atoms with E-state index in [1.807, 2.05) is 0 Å². The van der Waals surface area contributed by atoms with Crippen LogP contribution < -0.4 is 4.72 Å². The Balaban J connectivity index is 1.80. The lowest BCUT2D eigenvalue weighted by Gasteiger charge is -2.11. The number of aromatic amines is 1. The van der Waals surface area contributed by atoms with Gasteiger partial charge in [0.15, 0.2) is 0 Å². The number of nitrogens with zero attached hydrogens (tertiary/aromatic N) is 2. The Morgan fingerprint density at radius 3 is 2.64 bits per heavy atom. The Hall–Kier alpha value is -3.37. The number of pyridine rings is 1. The van der Waals surface area contributed by atoms with Crippen LogP contribution in [0.25, 0.3) is 0 Å². The van der Waals surface area contributed by atoms with Crippen molar-refractivity contribution in [3.63, 3.8) is 0 Å². The zero-order valence-corrected chi connectivity index (χ0v) is 13.9. The van der Waals surface area contributed by atoms with Crippen LogP contribution in [0.2, 0.25) is 0 Å². The second-order valence-electron chi connectivity index (χ2n) is 5.10. The molecule has 1 amide bonds. The minimum absolute atomic E-state index is 0.253. The quantitative estimate of drug-likeness (QED) is 0.555. The molecule has 2 N–H and O–H groups in total. The van der Waals surface area contributed by atoms with Crippen LogP contribution in [0.4, 0.5) is 0 Å². The number of benzene rings is 1. The third-order valence-electron chi connectivity index (χ3n) is 3.22. The molecule has 0 saturated heterocycles. The lowest BCUT2D eigenvalue weighted by molar-refractivity contribution is 0.0982. The lowest BCUT2D eigenvalue weighted by Crippen LogP contribution is -2.30. The minimum atomic E-state index is -2.94. The summed E-state index contributed by atoms with van der Waals surface area (Å²) < 4.78 is 15.1. The number of carbonyl (C=O) groups is 1. The molecular weight excluding hydrogens is 336 g/mol. The maximum atomic E-state index is 12.6. The van der Waals surface area contributed by atoms with E-state index in [1.54, 1.807) is 48.8 Å². The summed E-state index contributed by atoms with van der Waals surface area (Å²) in [5.41, 5.74) is 1.46. The second-order valence-corrected chi connectivity index (χ2v) is 7.12. The van der Waals surface area contributed by atoms with Gasteiger partial charge in [-0.15, -0.1) is 0 Å². The van der Waals surface area contributed by atoms with Gasteiger partial charge >= 0.3 is 0 Å². The number of aromatic nitrogens is 3. The summed E-state index contributed by atoms with van der Waals surface area (Å²) in [6.07, 6.45) is 6.05. The maximum Gasteiger partial charge on any atom is 0.264 e. The Morgan fingerprint density at radius 1 is 1.12 bits per heavy atom. The summed E-state index contributed by atoms with van der Waals surface area (Å²) in [5.74, 6) is 8.87. The molecule has 1 unspecified atom stereocenters. The molecule has 6 nitrogen and oxygen atoms in total. The summed E-state index contributed by atoms with van der Waals surface area (Å²) in [7, 11) is -2.94. The molecule has 0 aliphatic carbocycles. The Morgan fingerprint density at radius 2 is 1.92 bits per heavy atom. The molecule has 0 aliphatic heterocycles. The summed E-state index contributed by atoms with van der Waals surface area (Å²) in [5, 5.41) is 0. The van der Waals surface area contributed by atoms with Crippen molar-refractivity contribution in [3.8, 4) is 11.8 Å². The summed E-state index contributed by atoms with van der Waals surface area (Å²) in [6, 6.07) is 10.2. The summed E-state index contributed by atoms with van der Waals surface area (Å²) in [6.45, 7) is 0. The van der Waals surface area contributed by atoms with Gasteiger partial charge in [0.25, 0.3) is 5.91 Å². The predicted octanol–water partition coefficient (Wildman–Crippen LogP) is 1.62. The fraction of sp³-hybridized carbons (Fsp3) is 0. The molecule has 0 saturated carbocycles. The van der Waals surface area contributed by atoms with Crippen LogP contribution in [0.1, 0.15) is 21.6 Å². The molecule has 124 valence electrons. The van der Waals surface area contributed by atoms with Gasteiger partial charge in [-0.05, 0) is 30.0 Å². The molecule has 1 atom stereocenters. The number of carbonyl (C=O) groups excluding carboxylic acids is 1. The van der Waals surface area contributed by atoms with Crippen molar-refractivity contribution in [1.82, 2.24) is 19.7 Å². The molecule has 7 heteroatoms. The first-order chi connectivity index (χ1) is 12.0. The maximum absolute atomic E-state index is 12.6. The fourth-order valence-electron chi connectivity index (χ4n) is 2.00. The van der Waals surface area contributed by atoms with Gasteiger partial charge in [0.2, 0.25) is 0 Å². The molecule has 0 bridgehead atoms. The molecule has 3 aromatic rings. The van der Waals surface area contributed by atoms with Crippen molar-refractivity contribution < 1.29 is 9.00 Å². The van der Waals surface area contributed by atoms with Gasteiger partial charge in [-0.3, -0.25) is 14.5 Å². The van der Waals surface area contributed by atoms with Gasteiger partial charge in [-0.2, -0.15) is 0 Å². The first-order valence-corrected chi connectivity index (χ1v) is 8.97. The van der Waals surface area contributed by atoms with Crippen molar-refractivity contribution in [1.29, 1.82) is 0 Å². The first kappa shape index (κ1) is 16.5. The Labute approximate surface area is 145 Å². The zero-order valence-electron chi connectivity index (χ0n) is 13.1. The van der Waals surface area contributed by atoms with E-state index in [2.05, 4.69) is 37.4 Å². The van der Waals surface area contributed by atoms with Gasteiger partial charge in [-0.1, -0.05) is 24.1 Å². The highest BCUT2D eigenvalue weighted by molar-refractivity contribution is 7.99. The number of H-pyrrole nitrogens is 1. The molecule has 0 spiro atoms. The average molecular weight is 350 g/mol. The van der Waals surface area contributed by atoms with Crippen LogP contribution in [0.3, 0.4) is 0 Å². The van der Waals surface area contributed by atoms with E-state index >= 15 is 0 Å². The monoisotopic (exact) mass is 350 g/mol. The molecule has 2 heterocycles. The standard InChI is InChI=1S/C18H14N4O2S/c1-25(24,17-5-3-2-4-6-17)22-18(23)15-9-14(10-19-11-15)7-8-16-12-20-13-21-16/h2-6,9-13H,1H2,(H,20,21)(H,22,23,24). The number of hydrogen-bond acceptors (Lipinski definition) is 4. The molecule has 1 aromatic carbocycles. The molecule has 0 aliphatic rings. The van der Waals surface area contributed by atoms with Crippen molar-refractivity contribution >= 4 is 21.5 Å². The topological polar surface area (TPSA) is 87.7 Å². The third kappa shape index (κ3) is 4.13. The van der Waals surface area contributed by atoms with Crippen molar-refractivity contribution in [3.05, 3.63) is 78.1 Å². The smallest absolute Gasteiger partial charge is 0.264 e. The van der Waals surface area contributed by atoms with E-state index in [0.717, 1.165) is 0 Å². The molecule has 0 fully saturated rings. The largest absolute Gasteiger partial charge is 0.338 e. The number of amides is 1. The van der Waals surface area contributed by atoms with Crippen LogP contribution in [0.5, 0.6) is 0 Å². The minimum Gasteiger partial charge on any atom is -0.338 e. The second kappa shape index (κ2) is 7.03. The zero-order chi connectivity index (χ0) is 17.7. The van der Waals surface area contributed by atoms with E-state index in [1.165, 1.54) is 12.5 Å². The summed E-state index contributed by atoms with van der Waals surface area (Å²) in [4.78, 5) is 23.6. The van der Waals surface area contributed by atoms with Crippen LogP contribution >= 0.6 is 0 Å². The fourth-order valence-corrected chi connectivity index (χ4v) is 3.14. The van der Waals surface area contributed by atoms with E-state index in [0.29, 0.717) is 16.2 Å². The highest BCUT2D eigenvalue weighted by atomic mass is 32.2. The van der Waals surface area contributed by atoms with Gasteiger partial charge in [0.05, 0.1) is 27.8 Å². The number of nitrogens with one attached hydrogen (secondary N) is 2. The molecule has 2 aromatic heterocycles. The normalized spacial score (nSPS) is 12.5. The predicted molar refractivity (Wildman–Crippen MR) is 96.2 cm³/mol.